The number of aryl methyl sites for hydroxylation is 3. The maximum absolute atomic E-state index is 14.8. The number of carbonyl (C=O) groups excluding carboxylic acids is 11. The van der Waals surface area contributed by atoms with E-state index in [0.29, 0.717) is 24.2 Å². The molecule has 0 aliphatic carbocycles. The van der Waals surface area contributed by atoms with E-state index in [1.165, 1.54) is 73.3 Å². The molecule has 2 aromatic carbocycles. The second-order valence-corrected chi connectivity index (χ2v) is 27.2. The van der Waals surface area contributed by atoms with Gasteiger partial charge in [-0.2, -0.15) is 4.99 Å². The minimum atomic E-state index is -2.01. The Morgan fingerprint density at radius 1 is 0.728 bits per heavy atom. The van der Waals surface area contributed by atoms with Gasteiger partial charge in [-0.25, -0.2) is 29.5 Å². The largest absolute Gasteiger partial charge is 0.480 e. The van der Waals surface area contributed by atoms with Crippen LogP contribution in [0.1, 0.15) is 134 Å². The number of nitrogens with zero attached hydrogens (tertiary/aromatic N) is 8. The molecule has 2 bridgehead atoms. The lowest BCUT2D eigenvalue weighted by molar-refractivity contribution is -0.152. The second kappa shape index (κ2) is 42.6. The van der Waals surface area contributed by atoms with Gasteiger partial charge in [-0.1, -0.05) is 35.0 Å². The molecule has 2 unspecified atom stereocenters. The number of aliphatic imine (C=N–C) groups is 1. The SMILES string of the molecule is Cc1ccc(CCCC(=O)NCCCC[C@H](NC(=O)[C@@H]2CCCCn3cc(nn3)C[C@H](NC(=O)CC[C@H](NC(=O)c3ccc(NCc4cnc5c(n4)C(O)NC(N)=N5)cc3)C(=O)O)C(=O)N[C@H](Cc3cnc[nH]3)C(=O)N[C@H](CO)C(=O)N[C@H](Cc3cnc[nH]3)C(=O)N[C@H]([C@H](C)O)C(=O)N[C@H](C)C(O)N2)C(=O)NC(=O)C(=O)O)cc1. The van der Waals surface area contributed by atoms with Crippen LogP contribution in [0.25, 0.3) is 0 Å². The van der Waals surface area contributed by atoms with E-state index in [1.807, 2.05) is 31.2 Å². The van der Waals surface area contributed by atoms with Crippen LogP contribution in [-0.2, 0) is 96.3 Å². The average molecular weight is 1590 g/mol. The molecule has 6 aromatic rings. The van der Waals surface area contributed by atoms with Crippen molar-refractivity contribution in [2.45, 2.75) is 197 Å². The summed E-state index contributed by atoms with van der Waals surface area (Å²) in [5, 5.41) is 104. The highest BCUT2D eigenvalue weighted by atomic mass is 16.4. The Labute approximate surface area is 650 Å². The summed E-state index contributed by atoms with van der Waals surface area (Å²) < 4.78 is 1.33. The van der Waals surface area contributed by atoms with E-state index in [-0.39, 0.29) is 123 Å². The number of carboxylic acids is 2. The first-order valence-electron chi connectivity index (χ1n) is 36.6. The Morgan fingerprint density at radius 3 is 2.04 bits per heavy atom. The van der Waals surface area contributed by atoms with Gasteiger partial charge in [0.25, 0.3) is 5.91 Å². The van der Waals surface area contributed by atoms with E-state index in [4.69, 9.17) is 5.73 Å². The first-order chi connectivity index (χ1) is 54.5. The Hall–Kier alpha value is -12.7. The third-order valence-electron chi connectivity index (χ3n) is 18.2. The number of anilines is 1. The first-order valence-corrected chi connectivity index (χ1v) is 36.6. The zero-order valence-corrected chi connectivity index (χ0v) is 62.4. The lowest BCUT2D eigenvalue weighted by Gasteiger charge is -2.30. The molecule has 11 amide bonds. The number of carboxylic acid groups (broad SMARTS) is 2. The fourth-order valence-corrected chi connectivity index (χ4v) is 11.8. The number of aromatic nitrogens is 9. The van der Waals surface area contributed by atoms with Gasteiger partial charge in [0, 0.05) is 86.4 Å². The Bertz CT molecular complexity index is 4350. The summed E-state index contributed by atoms with van der Waals surface area (Å²) >= 11 is 0. The highest BCUT2D eigenvalue weighted by molar-refractivity contribution is 6.34. The molecule has 0 saturated heterocycles. The van der Waals surface area contributed by atoms with Crippen molar-refractivity contribution in [3.05, 3.63) is 131 Å². The number of guanidine groups is 1. The summed E-state index contributed by atoms with van der Waals surface area (Å²) in [6, 6.07) is -1.10. The number of amides is 11. The van der Waals surface area contributed by atoms with Crippen LogP contribution in [0.5, 0.6) is 0 Å². The topological polar surface area (TPSA) is 652 Å². The molecule has 23 N–H and O–H groups in total. The normalized spacial score (nSPS) is 20.9. The number of imidazole rings is 2. The van der Waals surface area contributed by atoms with E-state index in [0.717, 1.165) is 18.1 Å². The van der Waals surface area contributed by atoms with E-state index >= 15 is 0 Å². The van der Waals surface area contributed by atoms with E-state index in [1.54, 1.807) is 5.32 Å². The maximum atomic E-state index is 14.8. The molecule has 43 heteroatoms. The molecule has 0 saturated carbocycles. The molecular weight excluding hydrogens is 1490 g/mol. The number of hydrogen-bond donors (Lipinski definition) is 22. The number of aromatic amines is 2. The number of rotatable bonds is 28. The third-order valence-corrected chi connectivity index (χ3v) is 18.2. The molecule has 2 aliphatic heterocycles. The van der Waals surface area contributed by atoms with Crippen molar-refractivity contribution in [2.24, 2.45) is 10.7 Å². The van der Waals surface area contributed by atoms with E-state index in [2.05, 4.69) is 109 Å². The lowest BCUT2D eigenvalue weighted by Crippen LogP contribution is -2.63. The molecule has 4 aromatic heterocycles. The van der Waals surface area contributed by atoms with Crippen LogP contribution in [0.15, 0.2) is 91.0 Å². The monoisotopic (exact) mass is 1590 g/mol. The number of H-pyrrole nitrogens is 2. The molecule has 2 aliphatic rings. The van der Waals surface area contributed by atoms with Crippen molar-refractivity contribution in [2.75, 3.05) is 18.5 Å². The summed E-state index contributed by atoms with van der Waals surface area (Å²) in [5.41, 5.74) is 9.47. The quantitative estimate of drug-likeness (QED) is 0.0161. The van der Waals surface area contributed by atoms with Crippen molar-refractivity contribution in [3.8, 4) is 0 Å². The van der Waals surface area contributed by atoms with Gasteiger partial charge in [0.15, 0.2) is 18.0 Å². The number of aliphatic hydroxyl groups is 4. The van der Waals surface area contributed by atoms with Crippen LogP contribution in [0.2, 0.25) is 0 Å². The van der Waals surface area contributed by atoms with Crippen molar-refractivity contribution >= 4 is 94.4 Å². The number of benzene rings is 2. The number of unbranched alkanes of at least 4 members (excludes halogenated alkanes) is 1. The van der Waals surface area contributed by atoms with Gasteiger partial charge < -0.3 is 105 Å². The molecule has 6 heterocycles. The van der Waals surface area contributed by atoms with Crippen LogP contribution < -0.4 is 74.9 Å². The number of aliphatic carboxylic acids is 2. The lowest BCUT2D eigenvalue weighted by atomic mass is 10.0. The molecule has 612 valence electrons. The summed E-state index contributed by atoms with van der Waals surface area (Å²) in [5.74, 6) is -14.9. The van der Waals surface area contributed by atoms with E-state index in [9.17, 15) is 93.0 Å². The molecular formula is C71H94N24O19. The van der Waals surface area contributed by atoms with Gasteiger partial charge in [-0.15, -0.1) is 5.10 Å². The van der Waals surface area contributed by atoms with Crippen molar-refractivity contribution < 1.29 is 93.0 Å². The average Bonchev–Trinajstić information content (AvgIpc) is 0.984. The number of aliphatic hydroxyl groups excluding tert-OH is 4. The number of nitrogens with one attached hydrogen (secondary N) is 15. The molecule has 8 rings (SSSR count). The zero-order chi connectivity index (χ0) is 82.5. The van der Waals surface area contributed by atoms with Gasteiger partial charge in [-0.3, -0.25) is 68.1 Å². The Balaban J connectivity index is 1.01. The van der Waals surface area contributed by atoms with Crippen molar-refractivity contribution in [3.63, 3.8) is 0 Å². The molecule has 114 heavy (non-hydrogen) atoms. The molecule has 0 fully saturated rings. The van der Waals surface area contributed by atoms with Crippen LogP contribution in [0.4, 0.5) is 11.5 Å². The highest BCUT2D eigenvalue weighted by Gasteiger charge is 2.37. The minimum Gasteiger partial charge on any atom is -0.480 e. The smallest absolute Gasteiger partial charge is 0.394 e. The fraction of sp³-hybridized carbons (Fsp3) is 0.465. The summed E-state index contributed by atoms with van der Waals surface area (Å²) in [6.07, 6.45) is 2.49. The van der Waals surface area contributed by atoms with Crippen LogP contribution in [-0.4, -0.2) is 238 Å². The van der Waals surface area contributed by atoms with Crippen LogP contribution in [0, 0.1) is 6.92 Å². The number of fused-ring (bicyclic) bond motifs is 3. The fourth-order valence-electron chi connectivity index (χ4n) is 11.8. The number of hydrogen-bond acceptors (Lipinski definition) is 28. The standard InChI is InChI=1S/C71H94N24O19/c1-36-13-15-39(16-14-36)9-8-12-53(98)75-23-6-4-10-47(61(103)91-68(110)70(113)114)84-60(102)46-11-5-7-24-95-32-44(93-94-95)27-49(82-54(99)22-21-48(69(111)112)85-59(101)40-17-19-41(20-18-40)76-30-45-31-77-57-56(81-45)67(109)92-71(72)90-57)62(104)86-50(25-42-28-73-34-78-42)63(105)88-52(33-96)65(107)87-51(26-43-29-74-35-79-43)64(106)89-55(38(3)97)66(108)80-37(2)58(100)83-46/h13-20,28-29,31-32,34-35,37-38,46-52,55,58,67,76,83,96-97,100,109H,4-12,21-27,30,33H2,1-3H3,(H,73,78)(H,74,79)(H,75,98)(H,80,108)(H,82,99)(H,84,102)(H,85,101)(H,86,104)(H,87,107)(H,88,105)(H,89,106)(H,111,112)(H,113,114)(H,91,103,110)(H3,72,77,90,92)/t37-,38+,46+,47+,48+,49+,50-,51-,52-,55-,58?,67?/m1/s1. The summed E-state index contributed by atoms with van der Waals surface area (Å²) in [4.78, 5) is 203. The first kappa shape index (κ1) is 86.8. The predicted octanol–water partition coefficient (Wildman–Crippen LogP) is -5.05. The Morgan fingerprint density at radius 2 is 1.39 bits per heavy atom. The van der Waals surface area contributed by atoms with Crippen LogP contribution in [0.3, 0.4) is 0 Å². The van der Waals surface area contributed by atoms with Gasteiger partial charge in [0.05, 0.1) is 61.6 Å². The van der Waals surface area contributed by atoms with Gasteiger partial charge in [0.2, 0.25) is 53.2 Å². The minimum absolute atomic E-state index is 0.0268. The number of nitrogens with two attached hydrogens (primary N) is 1. The zero-order valence-electron chi connectivity index (χ0n) is 62.4. The Kier molecular flexibility index (Phi) is 32.5. The van der Waals surface area contributed by atoms with Gasteiger partial charge >= 0.3 is 17.8 Å². The summed E-state index contributed by atoms with van der Waals surface area (Å²) in [7, 11) is 0. The maximum Gasteiger partial charge on any atom is 0.394 e. The second-order valence-electron chi connectivity index (χ2n) is 27.2. The highest BCUT2D eigenvalue weighted by Crippen LogP contribution is 2.24. The molecule has 43 nitrogen and oxygen atoms in total. The van der Waals surface area contributed by atoms with Crippen molar-refractivity contribution in [1.82, 2.24) is 109 Å². The molecule has 0 spiro atoms. The van der Waals surface area contributed by atoms with E-state index < -0.39 is 170 Å². The van der Waals surface area contributed by atoms with Gasteiger partial charge in [0.1, 0.15) is 54.2 Å². The third kappa shape index (κ3) is 27.0. The van der Waals surface area contributed by atoms with Crippen molar-refractivity contribution in [1.29, 1.82) is 0 Å². The van der Waals surface area contributed by atoms with Crippen LogP contribution >= 0.6 is 0 Å². The number of carbonyl (C=O) groups is 13. The number of imide groups is 1. The van der Waals surface area contributed by atoms with Gasteiger partial charge in [-0.05, 0) is 108 Å². The predicted molar refractivity (Wildman–Crippen MR) is 398 cm³/mol. The molecule has 0 radical (unpaired) electrons. The molecule has 12 atom stereocenters. The summed E-state index contributed by atoms with van der Waals surface area (Å²) in [6.45, 7) is 3.58.